The summed E-state index contributed by atoms with van der Waals surface area (Å²) in [5.74, 6) is 0.125. The van der Waals surface area contributed by atoms with E-state index in [4.69, 9.17) is 18.2 Å². The summed E-state index contributed by atoms with van der Waals surface area (Å²) in [6.45, 7) is 4.98. The predicted octanol–water partition coefficient (Wildman–Crippen LogP) is 1.60. The first kappa shape index (κ1) is 7.00. The van der Waals surface area contributed by atoms with Gasteiger partial charge in [-0.05, 0) is 21.6 Å². The lowest BCUT2D eigenvalue weighted by Gasteiger charge is -1.81. The molecule has 2 heterocycles. The number of H-pyrrole nitrogens is 1. The molecule has 0 atom stereocenters. The monoisotopic (exact) mass is 180 g/mol. The third kappa shape index (κ3) is 0.898. The molecule has 12 heavy (non-hydrogen) atoms. The Labute approximate surface area is 72.3 Å². The quantitative estimate of drug-likeness (QED) is 0.627. The van der Waals surface area contributed by atoms with E-state index in [1.165, 1.54) is 6.33 Å². The number of hydrogen-bond donors (Lipinski definition) is 1. The normalized spacial score (nSPS) is 10.0. The molecule has 2 aromatic rings. The van der Waals surface area contributed by atoms with Crippen LogP contribution in [0.3, 0.4) is 0 Å². The van der Waals surface area contributed by atoms with E-state index in [9.17, 15) is 0 Å². The van der Waals surface area contributed by atoms with Gasteiger partial charge < -0.3 is 4.98 Å². The largest absolute Gasteiger partial charge is 0.533 e. The molecule has 0 aromatic carbocycles. The molecule has 2 aromatic heterocycles. The highest BCUT2D eigenvalue weighted by Crippen LogP contribution is 2.18. The molecule has 0 saturated carbocycles. The average molecular weight is 181 g/mol. The van der Waals surface area contributed by atoms with Crippen molar-refractivity contribution in [1.82, 2.24) is 19.9 Å². The van der Waals surface area contributed by atoms with Crippen LogP contribution in [0.4, 0.5) is 5.95 Å². The Hall–Kier alpha value is -1.67. The molecule has 6 heteroatoms. The Morgan fingerprint density at radius 3 is 3.08 bits per heavy atom. The molecule has 0 aliphatic rings. The summed E-state index contributed by atoms with van der Waals surface area (Å²) < 4.78 is 0. The Morgan fingerprint density at radius 1 is 1.50 bits per heavy atom. The van der Waals surface area contributed by atoms with Crippen LogP contribution in [0.1, 0.15) is 0 Å². The molecule has 0 unspecified atom stereocenters. The standard InChI is InChI=1S/C6H3ClN5/c1-8-6-11-4(7)3-5(12-6)10-2-9-3/h1-2H,(H,9,10,11,12)/q+1. The third-order valence-corrected chi connectivity index (χ3v) is 1.62. The molecule has 0 radical (unpaired) electrons. The lowest BCUT2D eigenvalue weighted by atomic mass is 10.5. The van der Waals surface area contributed by atoms with Crippen molar-refractivity contribution in [3.63, 3.8) is 0 Å². The molecule has 0 fully saturated rings. The van der Waals surface area contributed by atoms with E-state index in [0.29, 0.717) is 11.2 Å². The minimum atomic E-state index is 0.125. The number of fused-ring (bicyclic) bond motifs is 1. The SMILES string of the molecule is C#[N+]c1nc(Cl)c2[nH]cnc2n1. The average Bonchev–Trinajstić information content (AvgIpc) is 2.52. The summed E-state index contributed by atoms with van der Waals surface area (Å²) in [7, 11) is 0. The molecule has 5 nitrogen and oxygen atoms in total. The van der Waals surface area contributed by atoms with Crippen molar-refractivity contribution in [3.05, 3.63) is 16.3 Å². The highest BCUT2D eigenvalue weighted by atomic mass is 35.5. The topological polar surface area (TPSA) is 58.8 Å². The van der Waals surface area contributed by atoms with Crippen LogP contribution in [-0.4, -0.2) is 19.9 Å². The van der Waals surface area contributed by atoms with Gasteiger partial charge >= 0.3 is 5.95 Å². The van der Waals surface area contributed by atoms with Crippen molar-refractivity contribution in [2.45, 2.75) is 0 Å². The smallest absolute Gasteiger partial charge is 0.338 e. The molecule has 0 saturated heterocycles. The molecule has 0 amide bonds. The minimum Gasteiger partial charge on any atom is -0.338 e. The van der Waals surface area contributed by atoms with Gasteiger partial charge in [0.15, 0.2) is 5.52 Å². The van der Waals surface area contributed by atoms with Crippen LogP contribution in [0, 0.1) is 6.57 Å². The molecule has 2 rings (SSSR count). The fourth-order valence-corrected chi connectivity index (χ4v) is 1.06. The second-order valence-electron chi connectivity index (χ2n) is 2.04. The Bertz CT molecular complexity index is 468. The first-order valence-electron chi connectivity index (χ1n) is 3.09. The maximum atomic E-state index is 5.74. The van der Waals surface area contributed by atoms with E-state index in [1.807, 2.05) is 0 Å². The molecule has 0 bridgehead atoms. The van der Waals surface area contributed by atoms with Gasteiger partial charge in [0.1, 0.15) is 6.57 Å². The van der Waals surface area contributed by atoms with Crippen LogP contribution in [-0.2, 0) is 0 Å². The molecule has 58 valence electrons. The molecule has 0 aliphatic carbocycles. The Kier molecular flexibility index (Phi) is 1.42. The van der Waals surface area contributed by atoms with Crippen molar-refractivity contribution in [3.8, 4) is 6.57 Å². The van der Waals surface area contributed by atoms with E-state index in [0.717, 1.165) is 0 Å². The first-order valence-corrected chi connectivity index (χ1v) is 3.46. The molecular weight excluding hydrogens is 178 g/mol. The van der Waals surface area contributed by atoms with Crippen LogP contribution < -0.4 is 0 Å². The van der Waals surface area contributed by atoms with Crippen LogP contribution >= 0.6 is 11.6 Å². The van der Waals surface area contributed by atoms with Crippen molar-refractivity contribution >= 4 is 28.7 Å². The van der Waals surface area contributed by atoms with E-state index in [2.05, 4.69) is 24.8 Å². The summed E-state index contributed by atoms with van der Waals surface area (Å²) >= 11 is 5.74. The Morgan fingerprint density at radius 2 is 2.33 bits per heavy atom. The van der Waals surface area contributed by atoms with E-state index in [1.54, 1.807) is 0 Å². The number of aromatic amines is 1. The second-order valence-corrected chi connectivity index (χ2v) is 2.40. The van der Waals surface area contributed by atoms with Gasteiger partial charge in [-0.25, -0.2) is 4.98 Å². The van der Waals surface area contributed by atoms with E-state index >= 15 is 0 Å². The molecule has 0 spiro atoms. The number of halogens is 1. The maximum absolute atomic E-state index is 5.74. The number of rotatable bonds is 0. The third-order valence-electron chi connectivity index (χ3n) is 1.35. The second kappa shape index (κ2) is 2.43. The highest BCUT2D eigenvalue weighted by Gasteiger charge is 2.15. The fraction of sp³-hybridized carbons (Fsp3) is 0. The van der Waals surface area contributed by atoms with Crippen molar-refractivity contribution in [1.29, 1.82) is 0 Å². The molecule has 0 aliphatic heterocycles. The number of aromatic nitrogens is 4. The van der Waals surface area contributed by atoms with Gasteiger partial charge in [-0.15, -0.1) is 0 Å². The van der Waals surface area contributed by atoms with Gasteiger partial charge in [-0.1, -0.05) is 0 Å². The van der Waals surface area contributed by atoms with Crippen LogP contribution in [0.5, 0.6) is 0 Å². The number of hydrogen-bond acceptors (Lipinski definition) is 3. The van der Waals surface area contributed by atoms with E-state index in [-0.39, 0.29) is 11.1 Å². The van der Waals surface area contributed by atoms with Crippen LogP contribution in [0.15, 0.2) is 6.33 Å². The zero-order chi connectivity index (χ0) is 8.55. The van der Waals surface area contributed by atoms with Gasteiger partial charge in [0.25, 0.3) is 5.65 Å². The van der Waals surface area contributed by atoms with Gasteiger partial charge in [-0.2, -0.15) is 4.85 Å². The van der Waals surface area contributed by atoms with Gasteiger partial charge in [0.2, 0.25) is 5.15 Å². The first-order chi connectivity index (χ1) is 5.81. The summed E-state index contributed by atoms with van der Waals surface area (Å²) in [5.41, 5.74) is 1.04. The van der Waals surface area contributed by atoms with Gasteiger partial charge in [0, 0.05) is 0 Å². The summed E-state index contributed by atoms with van der Waals surface area (Å²) in [6, 6.07) is 0. The highest BCUT2D eigenvalue weighted by molar-refractivity contribution is 6.33. The molecular formula is C6H3ClN5+. The number of imidazole rings is 1. The lowest BCUT2D eigenvalue weighted by molar-refractivity contribution is 1.23. The van der Waals surface area contributed by atoms with Gasteiger partial charge in [-0.3, -0.25) is 0 Å². The minimum absolute atomic E-state index is 0.125. The number of nitrogens with zero attached hydrogens (tertiary/aromatic N) is 4. The van der Waals surface area contributed by atoms with E-state index < -0.39 is 0 Å². The fourth-order valence-electron chi connectivity index (χ4n) is 0.845. The summed E-state index contributed by atoms with van der Waals surface area (Å²) in [6.07, 6.45) is 1.48. The lowest BCUT2D eigenvalue weighted by Crippen LogP contribution is -1.83. The van der Waals surface area contributed by atoms with Crippen molar-refractivity contribution in [2.24, 2.45) is 0 Å². The Balaban J connectivity index is 2.86. The van der Waals surface area contributed by atoms with Crippen molar-refractivity contribution in [2.75, 3.05) is 0 Å². The molecule has 1 N–H and O–H groups in total. The van der Waals surface area contributed by atoms with Crippen molar-refractivity contribution < 1.29 is 0 Å². The summed E-state index contributed by atoms with van der Waals surface area (Å²) in [5, 5.41) is 0.265. The zero-order valence-corrected chi connectivity index (χ0v) is 6.58. The number of nitrogens with one attached hydrogen (secondary N) is 1. The van der Waals surface area contributed by atoms with Crippen LogP contribution in [0.25, 0.3) is 16.0 Å². The summed E-state index contributed by atoms with van der Waals surface area (Å²) in [4.78, 5) is 17.6. The van der Waals surface area contributed by atoms with Crippen LogP contribution in [0.2, 0.25) is 5.15 Å². The van der Waals surface area contributed by atoms with Gasteiger partial charge in [0.05, 0.1) is 6.33 Å². The zero-order valence-electron chi connectivity index (χ0n) is 5.82. The maximum Gasteiger partial charge on any atom is 0.533 e. The predicted molar refractivity (Wildman–Crippen MR) is 44.7 cm³/mol.